The fraction of sp³-hybridized carbons (Fsp3) is 0.231. The standard InChI is InChI=1S/C26H24O3S/c1-15-12-17(3)23-16(2)10-11-20-25(24(23)18(4)13-15)21-14-22(26(20)29-21)30(27,28)19-8-6-5-7-9-19/h5-14,21,26H,1-4H3. The van der Waals surface area contributed by atoms with Crippen molar-refractivity contribution in [3.8, 4) is 0 Å². The van der Waals surface area contributed by atoms with Gasteiger partial charge in [-0.2, -0.15) is 0 Å². The summed E-state index contributed by atoms with van der Waals surface area (Å²) in [5.74, 6) is 0. The first-order valence-electron chi connectivity index (χ1n) is 10.2. The number of ether oxygens (including phenoxy) is 1. The summed E-state index contributed by atoms with van der Waals surface area (Å²) in [5, 5.41) is 0. The molecule has 4 aliphatic rings. The van der Waals surface area contributed by atoms with Gasteiger partial charge in [-0.05, 0) is 84.9 Å². The summed E-state index contributed by atoms with van der Waals surface area (Å²) in [5.41, 5.74) is 9.26. The number of rotatable bonds is 2. The Morgan fingerprint density at radius 1 is 0.867 bits per heavy atom. The zero-order valence-electron chi connectivity index (χ0n) is 17.6. The Morgan fingerprint density at radius 3 is 2.33 bits per heavy atom. The van der Waals surface area contributed by atoms with E-state index in [9.17, 15) is 8.42 Å². The molecule has 2 aliphatic heterocycles. The van der Waals surface area contributed by atoms with Crippen LogP contribution in [0.15, 0.2) is 115 Å². The molecule has 1 saturated heterocycles. The Morgan fingerprint density at radius 2 is 1.60 bits per heavy atom. The van der Waals surface area contributed by atoms with Crippen molar-refractivity contribution in [2.24, 2.45) is 0 Å². The molecule has 0 saturated carbocycles. The van der Waals surface area contributed by atoms with Gasteiger partial charge in [-0.15, -0.1) is 0 Å². The molecule has 0 N–H and O–H groups in total. The molecule has 3 nitrogen and oxygen atoms in total. The van der Waals surface area contributed by atoms with Crippen molar-refractivity contribution in [3.63, 3.8) is 0 Å². The van der Waals surface area contributed by atoms with Crippen LogP contribution in [-0.4, -0.2) is 20.6 Å². The van der Waals surface area contributed by atoms with E-state index in [-0.39, 0.29) is 6.10 Å². The van der Waals surface area contributed by atoms with Crippen LogP contribution >= 0.6 is 0 Å². The fourth-order valence-electron chi connectivity index (χ4n) is 5.02. The predicted octanol–water partition coefficient (Wildman–Crippen LogP) is 5.53. The lowest BCUT2D eigenvalue weighted by molar-refractivity contribution is 0.136. The van der Waals surface area contributed by atoms with Gasteiger partial charge in [0.15, 0.2) is 0 Å². The average Bonchev–Trinajstić information content (AvgIpc) is 3.21. The molecule has 2 atom stereocenters. The highest BCUT2D eigenvalue weighted by atomic mass is 32.2. The van der Waals surface area contributed by atoms with Gasteiger partial charge in [-0.3, -0.25) is 0 Å². The summed E-state index contributed by atoms with van der Waals surface area (Å²) in [6.45, 7) is 8.51. The molecule has 1 aromatic carbocycles. The van der Waals surface area contributed by atoms with Crippen LogP contribution in [0, 0.1) is 0 Å². The Labute approximate surface area is 178 Å². The summed E-state index contributed by atoms with van der Waals surface area (Å²) >= 11 is 0. The molecule has 152 valence electrons. The predicted molar refractivity (Wildman–Crippen MR) is 119 cm³/mol. The van der Waals surface area contributed by atoms with E-state index in [1.54, 1.807) is 30.3 Å². The van der Waals surface area contributed by atoms with E-state index in [0.717, 1.165) is 11.1 Å². The second-order valence-corrected chi connectivity index (χ2v) is 10.3. The van der Waals surface area contributed by atoms with Gasteiger partial charge in [0.2, 0.25) is 9.84 Å². The molecule has 0 amide bonds. The molecule has 0 radical (unpaired) electrons. The second-order valence-electron chi connectivity index (χ2n) is 8.36. The van der Waals surface area contributed by atoms with Crippen LogP contribution in [0.5, 0.6) is 0 Å². The first-order chi connectivity index (χ1) is 14.3. The van der Waals surface area contributed by atoms with Crippen LogP contribution in [0.2, 0.25) is 0 Å². The highest BCUT2D eigenvalue weighted by Gasteiger charge is 2.48. The maximum absolute atomic E-state index is 13.3. The Hall–Kier alpha value is -2.69. The van der Waals surface area contributed by atoms with E-state index < -0.39 is 15.9 Å². The highest BCUT2D eigenvalue weighted by molar-refractivity contribution is 7.95. The summed E-state index contributed by atoms with van der Waals surface area (Å²) in [7, 11) is -3.60. The van der Waals surface area contributed by atoms with Crippen LogP contribution in [0.3, 0.4) is 0 Å². The molecule has 5 rings (SSSR count). The van der Waals surface area contributed by atoms with E-state index in [1.165, 1.54) is 33.4 Å². The maximum Gasteiger partial charge on any atom is 0.205 e. The van der Waals surface area contributed by atoms with Crippen LogP contribution < -0.4 is 0 Å². The molecule has 1 fully saturated rings. The van der Waals surface area contributed by atoms with Crippen LogP contribution in [0.1, 0.15) is 27.7 Å². The van der Waals surface area contributed by atoms with Gasteiger partial charge >= 0.3 is 0 Å². The minimum atomic E-state index is -3.60. The Balaban J connectivity index is 1.73. The fourth-order valence-corrected chi connectivity index (χ4v) is 6.57. The molecule has 2 unspecified atom stereocenters. The quantitative estimate of drug-likeness (QED) is 0.637. The molecular weight excluding hydrogens is 392 g/mol. The van der Waals surface area contributed by atoms with Crippen molar-refractivity contribution >= 4 is 9.84 Å². The van der Waals surface area contributed by atoms with Gasteiger partial charge in [-0.25, -0.2) is 8.42 Å². The van der Waals surface area contributed by atoms with Crippen molar-refractivity contribution in [3.05, 3.63) is 110 Å². The van der Waals surface area contributed by atoms with Crippen molar-refractivity contribution in [1.29, 1.82) is 0 Å². The van der Waals surface area contributed by atoms with Gasteiger partial charge in [0, 0.05) is 0 Å². The molecular formula is C26H24O3S. The van der Waals surface area contributed by atoms with E-state index in [4.69, 9.17) is 4.74 Å². The van der Waals surface area contributed by atoms with E-state index in [1.807, 2.05) is 6.07 Å². The Bertz CT molecular complexity index is 1290. The van der Waals surface area contributed by atoms with Gasteiger partial charge in [0.05, 0.1) is 9.80 Å². The van der Waals surface area contributed by atoms with Gasteiger partial charge < -0.3 is 4.74 Å². The normalized spacial score (nSPS) is 25.5. The largest absolute Gasteiger partial charge is 0.356 e. The number of fused-ring (bicyclic) bond motifs is 6. The average molecular weight is 417 g/mol. The first kappa shape index (κ1) is 19.3. The zero-order chi connectivity index (χ0) is 21.2. The number of allylic oxidation sites excluding steroid dienone is 10. The summed E-state index contributed by atoms with van der Waals surface area (Å²) in [6.07, 6.45) is 9.45. The SMILES string of the molecule is CC1=CC(C)=C2C(C)=CC=C3C(=C2C(C)=C1)C1C=C(S(=O)(=O)c2ccccc2)C3O1. The van der Waals surface area contributed by atoms with E-state index in [2.05, 4.69) is 52.0 Å². The van der Waals surface area contributed by atoms with E-state index >= 15 is 0 Å². The number of sulfone groups is 1. The summed E-state index contributed by atoms with van der Waals surface area (Å²) in [4.78, 5) is 0.665. The summed E-state index contributed by atoms with van der Waals surface area (Å²) in [6, 6.07) is 8.61. The van der Waals surface area contributed by atoms with E-state index in [0.29, 0.717) is 9.80 Å². The highest BCUT2D eigenvalue weighted by Crippen LogP contribution is 2.51. The van der Waals surface area contributed by atoms with Crippen LogP contribution in [0.25, 0.3) is 0 Å². The monoisotopic (exact) mass is 416 g/mol. The second kappa shape index (κ2) is 6.66. The maximum atomic E-state index is 13.3. The van der Waals surface area contributed by atoms with Crippen LogP contribution in [0.4, 0.5) is 0 Å². The van der Waals surface area contributed by atoms with Crippen molar-refractivity contribution in [2.45, 2.75) is 44.8 Å². The third-order valence-corrected chi connectivity index (χ3v) is 8.07. The lowest BCUT2D eigenvalue weighted by atomic mass is 9.83. The summed E-state index contributed by atoms with van der Waals surface area (Å²) < 4.78 is 32.9. The number of hydrogen-bond acceptors (Lipinski definition) is 3. The molecule has 30 heavy (non-hydrogen) atoms. The smallest absolute Gasteiger partial charge is 0.205 e. The topological polar surface area (TPSA) is 43.4 Å². The van der Waals surface area contributed by atoms with Gasteiger partial charge in [-0.1, -0.05) is 48.1 Å². The third-order valence-electron chi connectivity index (χ3n) is 6.20. The molecule has 0 spiro atoms. The molecule has 2 bridgehead atoms. The minimum Gasteiger partial charge on any atom is -0.356 e. The lowest BCUT2D eigenvalue weighted by Crippen LogP contribution is -2.19. The van der Waals surface area contributed by atoms with Crippen LogP contribution in [-0.2, 0) is 14.6 Å². The molecule has 2 heterocycles. The minimum absolute atomic E-state index is 0.310. The molecule has 2 aliphatic carbocycles. The van der Waals surface area contributed by atoms with Crippen molar-refractivity contribution in [1.82, 2.24) is 0 Å². The number of benzene rings is 1. The van der Waals surface area contributed by atoms with Crippen molar-refractivity contribution < 1.29 is 13.2 Å². The number of hydrogen-bond donors (Lipinski definition) is 0. The Kier molecular flexibility index (Phi) is 4.28. The zero-order valence-corrected chi connectivity index (χ0v) is 18.4. The third kappa shape index (κ3) is 2.71. The molecule has 0 aromatic heterocycles. The lowest BCUT2D eigenvalue weighted by Gasteiger charge is -2.21. The van der Waals surface area contributed by atoms with Crippen molar-refractivity contribution in [2.75, 3.05) is 0 Å². The van der Waals surface area contributed by atoms with Gasteiger partial charge in [0.1, 0.15) is 12.2 Å². The van der Waals surface area contributed by atoms with Gasteiger partial charge in [0.25, 0.3) is 0 Å². The molecule has 1 aromatic rings. The molecule has 4 heteroatoms. The first-order valence-corrected chi connectivity index (χ1v) is 11.7.